The number of rotatable bonds is 3. The zero-order valence-electron chi connectivity index (χ0n) is 19.8. The maximum Gasteiger partial charge on any atom is 0.283 e. The van der Waals surface area contributed by atoms with Gasteiger partial charge in [0.15, 0.2) is 5.84 Å². The molecular formula is C27H25N5OS. The predicted molar refractivity (Wildman–Crippen MR) is 140 cm³/mol. The Morgan fingerprint density at radius 3 is 2.50 bits per heavy atom. The molecule has 7 heteroatoms. The van der Waals surface area contributed by atoms with E-state index in [0.717, 1.165) is 38.8 Å². The van der Waals surface area contributed by atoms with Crippen molar-refractivity contribution in [2.24, 2.45) is 10.1 Å². The Morgan fingerprint density at radius 2 is 1.74 bits per heavy atom. The molecule has 0 saturated carbocycles. The van der Waals surface area contributed by atoms with E-state index < -0.39 is 5.91 Å². The molecule has 6 nitrogen and oxygen atoms in total. The Balaban J connectivity index is 1.54. The molecule has 1 N–H and O–H groups in total. The average Bonchev–Trinajstić information content (AvgIpc) is 3.33. The summed E-state index contributed by atoms with van der Waals surface area (Å²) in [5, 5.41) is 16.0. The molecule has 0 fully saturated rings. The summed E-state index contributed by atoms with van der Waals surface area (Å²) < 4.78 is 2.19. The highest BCUT2D eigenvalue weighted by atomic mass is 32.2. The van der Waals surface area contributed by atoms with Crippen molar-refractivity contribution in [3.8, 4) is 5.69 Å². The number of hydrazone groups is 1. The zero-order valence-corrected chi connectivity index (χ0v) is 20.6. The molecule has 0 radical (unpaired) electrons. The summed E-state index contributed by atoms with van der Waals surface area (Å²) in [5.41, 5.74) is 8.74. The maximum atomic E-state index is 12.9. The van der Waals surface area contributed by atoms with E-state index in [-0.39, 0.29) is 11.4 Å². The van der Waals surface area contributed by atoms with Crippen LogP contribution in [0.4, 0.5) is 0 Å². The van der Waals surface area contributed by atoms with Gasteiger partial charge in [-0.05, 0) is 86.8 Å². The molecule has 5 rings (SSSR count). The number of nitrogens with one attached hydrogen (secondary N) is 1. The van der Waals surface area contributed by atoms with Gasteiger partial charge in [-0.3, -0.25) is 10.2 Å². The van der Waals surface area contributed by atoms with Crippen LogP contribution < -0.4 is 0 Å². The van der Waals surface area contributed by atoms with Crippen LogP contribution in [0.5, 0.6) is 0 Å². The van der Waals surface area contributed by atoms with Gasteiger partial charge in [0, 0.05) is 22.6 Å². The number of amidine groups is 2. The van der Waals surface area contributed by atoms with Gasteiger partial charge in [-0.2, -0.15) is 15.1 Å². The summed E-state index contributed by atoms with van der Waals surface area (Å²) in [5.74, 6) is -0.371. The normalized spacial score (nSPS) is 16.7. The van der Waals surface area contributed by atoms with Gasteiger partial charge < -0.3 is 4.57 Å². The first-order valence-electron chi connectivity index (χ1n) is 11.1. The summed E-state index contributed by atoms with van der Waals surface area (Å²) in [6.07, 6.45) is 1.76. The maximum absolute atomic E-state index is 12.9. The van der Waals surface area contributed by atoms with Crippen LogP contribution in [0.15, 0.2) is 64.2 Å². The Labute approximate surface area is 203 Å². The molecule has 2 aromatic carbocycles. The molecule has 170 valence electrons. The molecule has 0 aliphatic carbocycles. The van der Waals surface area contributed by atoms with Crippen LogP contribution in [0.25, 0.3) is 11.8 Å². The smallest absolute Gasteiger partial charge is 0.283 e. The van der Waals surface area contributed by atoms with Crippen molar-refractivity contribution < 1.29 is 4.79 Å². The number of carbonyl (C=O) groups is 1. The fourth-order valence-electron chi connectivity index (χ4n) is 4.33. The van der Waals surface area contributed by atoms with Gasteiger partial charge in [-0.15, -0.1) is 0 Å². The number of amides is 1. The number of benzene rings is 2. The van der Waals surface area contributed by atoms with Crippen LogP contribution in [-0.2, 0) is 4.79 Å². The first kappa shape index (κ1) is 22.1. The number of thioether (sulfide) groups is 1. The number of aryl methyl sites for hydroxylation is 4. The molecule has 3 heterocycles. The minimum atomic E-state index is -0.415. The summed E-state index contributed by atoms with van der Waals surface area (Å²) in [6, 6.07) is 16.4. The second-order valence-electron chi connectivity index (χ2n) is 8.69. The van der Waals surface area contributed by atoms with E-state index in [1.165, 1.54) is 27.9 Å². The lowest BCUT2D eigenvalue weighted by molar-refractivity contribution is -0.114. The van der Waals surface area contributed by atoms with Gasteiger partial charge in [0.05, 0.1) is 5.57 Å². The Hall–Kier alpha value is -3.71. The number of carbonyl (C=O) groups excluding carboxylic acids is 1. The van der Waals surface area contributed by atoms with Crippen molar-refractivity contribution in [3.05, 3.63) is 93.3 Å². The van der Waals surface area contributed by atoms with E-state index in [2.05, 4.69) is 53.6 Å². The zero-order chi connectivity index (χ0) is 24.1. The lowest BCUT2D eigenvalue weighted by Crippen LogP contribution is -2.35. The topological polar surface area (TPSA) is 73.8 Å². The van der Waals surface area contributed by atoms with Gasteiger partial charge in [-0.25, -0.2) is 0 Å². The molecule has 2 aliphatic rings. The highest BCUT2D eigenvalue weighted by Gasteiger charge is 2.36. The lowest BCUT2D eigenvalue weighted by atomic mass is 10.1. The predicted octanol–water partition coefficient (Wildman–Crippen LogP) is 5.69. The molecule has 0 unspecified atom stereocenters. The third-order valence-corrected chi connectivity index (χ3v) is 7.15. The van der Waals surface area contributed by atoms with E-state index in [0.29, 0.717) is 5.17 Å². The van der Waals surface area contributed by atoms with Crippen molar-refractivity contribution in [2.75, 3.05) is 0 Å². The molecule has 34 heavy (non-hydrogen) atoms. The van der Waals surface area contributed by atoms with Crippen LogP contribution in [0, 0.1) is 40.0 Å². The molecule has 0 saturated heterocycles. The van der Waals surface area contributed by atoms with Crippen molar-refractivity contribution in [2.45, 2.75) is 34.6 Å². The Morgan fingerprint density at radius 1 is 0.971 bits per heavy atom. The monoisotopic (exact) mass is 467 g/mol. The van der Waals surface area contributed by atoms with Gasteiger partial charge in [0.25, 0.3) is 5.91 Å². The minimum absolute atomic E-state index is 0.0441. The second-order valence-corrected chi connectivity index (χ2v) is 9.65. The molecule has 0 bridgehead atoms. The number of aromatic nitrogens is 1. The van der Waals surface area contributed by atoms with Crippen LogP contribution >= 0.6 is 11.8 Å². The van der Waals surface area contributed by atoms with Crippen LogP contribution in [0.1, 0.15) is 39.2 Å². The fourth-order valence-corrected chi connectivity index (χ4v) is 5.32. The number of hydrogen-bond donors (Lipinski definition) is 1. The number of aliphatic imine (C=N–C) groups is 1. The fraction of sp³-hybridized carbons (Fsp3) is 0.185. The second kappa shape index (κ2) is 8.25. The van der Waals surface area contributed by atoms with E-state index in [1.807, 2.05) is 44.2 Å². The summed E-state index contributed by atoms with van der Waals surface area (Å²) in [6.45, 7) is 10.3. The number of hydrogen-bond acceptors (Lipinski definition) is 4. The number of fused-ring (bicyclic) bond motifs is 1. The van der Waals surface area contributed by atoms with Crippen LogP contribution in [0.2, 0.25) is 0 Å². The van der Waals surface area contributed by atoms with Gasteiger partial charge in [-0.1, -0.05) is 36.4 Å². The van der Waals surface area contributed by atoms with E-state index >= 15 is 0 Å². The molecule has 0 atom stereocenters. The third-order valence-electron chi connectivity index (χ3n) is 6.21. The standard InChI is InChI=1S/C27H25N5OS/c1-15-10-11-17(3)23(12-15)31-18(4)13-20(19(31)5)14-22-24(28)32-27(29-25(22)33)34-26(30-32)21-9-7-6-8-16(21)2/h6-14,28H,1-5H3/b22-14-,28-24?. The Bertz CT molecular complexity index is 1470. The quantitative estimate of drug-likeness (QED) is 0.503. The summed E-state index contributed by atoms with van der Waals surface area (Å²) in [7, 11) is 0. The van der Waals surface area contributed by atoms with Gasteiger partial charge in [0.2, 0.25) is 5.17 Å². The highest BCUT2D eigenvalue weighted by molar-refractivity contribution is 8.27. The molecule has 1 aromatic heterocycles. The highest BCUT2D eigenvalue weighted by Crippen LogP contribution is 2.33. The first-order valence-corrected chi connectivity index (χ1v) is 11.9. The van der Waals surface area contributed by atoms with E-state index in [1.54, 1.807) is 6.08 Å². The van der Waals surface area contributed by atoms with E-state index in [4.69, 9.17) is 5.41 Å². The van der Waals surface area contributed by atoms with Gasteiger partial charge >= 0.3 is 0 Å². The molecular weight excluding hydrogens is 442 g/mol. The van der Waals surface area contributed by atoms with Gasteiger partial charge in [0.1, 0.15) is 5.04 Å². The van der Waals surface area contributed by atoms with E-state index in [9.17, 15) is 4.79 Å². The molecule has 0 spiro atoms. The average molecular weight is 468 g/mol. The van der Waals surface area contributed by atoms with Crippen LogP contribution in [-0.4, -0.2) is 31.5 Å². The van der Waals surface area contributed by atoms with Crippen molar-refractivity contribution >= 4 is 39.8 Å². The van der Waals surface area contributed by atoms with Crippen molar-refractivity contribution in [1.29, 1.82) is 5.41 Å². The molecule has 3 aromatic rings. The Kier molecular flexibility index (Phi) is 5.37. The van der Waals surface area contributed by atoms with Crippen molar-refractivity contribution in [3.63, 3.8) is 0 Å². The SMILES string of the molecule is Cc1ccc(C)c(-n2c(C)cc(/C=C3/C(=N)N4N=C(c5ccccc5C)SC4=NC3=O)c2C)c1. The molecule has 1 amide bonds. The van der Waals surface area contributed by atoms with Crippen LogP contribution in [0.3, 0.4) is 0 Å². The lowest BCUT2D eigenvalue weighted by Gasteiger charge is -2.20. The third kappa shape index (κ3) is 3.62. The van der Waals surface area contributed by atoms with Crippen molar-refractivity contribution in [1.82, 2.24) is 9.58 Å². The largest absolute Gasteiger partial charge is 0.318 e. The summed E-state index contributed by atoms with van der Waals surface area (Å²) >= 11 is 1.32. The minimum Gasteiger partial charge on any atom is -0.318 e. The first-order chi connectivity index (χ1) is 16.2. The molecule has 2 aliphatic heterocycles. The summed E-state index contributed by atoms with van der Waals surface area (Å²) in [4.78, 5) is 17.2. The number of nitrogens with zero attached hydrogens (tertiary/aromatic N) is 4.